The predicted octanol–water partition coefficient (Wildman–Crippen LogP) is 3.26. The molecule has 0 heterocycles. The Morgan fingerprint density at radius 1 is 1.11 bits per heavy atom. The number of phenolic OH excluding ortho intramolecular Hbond substituents is 1. The molecule has 10 heteroatoms. The Balaban J connectivity index is 2.04. The van der Waals surface area contributed by atoms with Gasteiger partial charge in [-0.2, -0.15) is 8.42 Å². The number of aromatic hydroxyl groups is 1. The maximum Gasteiger partial charge on any atom is 0.294 e. The van der Waals surface area contributed by atoms with Crippen molar-refractivity contribution in [1.29, 1.82) is 0 Å². The molecule has 3 N–H and O–H groups in total. The molecular weight excluding hydrogens is 388 g/mol. The number of carbonyl (C=O) groups is 1. The number of carbonyl (C=O) groups excluding carboxylic acids is 1. The molecule has 0 aromatic heterocycles. The number of nitro groups is 1. The van der Waals surface area contributed by atoms with E-state index in [-0.39, 0.29) is 33.0 Å². The van der Waals surface area contributed by atoms with E-state index in [0.717, 1.165) is 18.2 Å². The Labute approximate surface area is 159 Å². The smallest absolute Gasteiger partial charge is 0.294 e. The molecular formula is C18H14N2O7S. The Morgan fingerprint density at radius 2 is 1.82 bits per heavy atom. The number of amides is 1. The van der Waals surface area contributed by atoms with Crippen LogP contribution in [0, 0.1) is 17.0 Å². The topological polar surface area (TPSA) is 147 Å². The summed E-state index contributed by atoms with van der Waals surface area (Å²) in [6.45, 7) is 1.55. The van der Waals surface area contributed by atoms with E-state index in [1.165, 1.54) is 30.3 Å². The van der Waals surface area contributed by atoms with Gasteiger partial charge in [0, 0.05) is 28.6 Å². The molecule has 28 heavy (non-hydrogen) atoms. The lowest BCUT2D eigenvalue weighted by Gasteiger charge is -2.11. The van der Waals surface area contributed by atoms with Crippen LogP contribution in [0.2, 0.25) is 0 Å². The number of nitro benzene ring substituents is 1. The second-order valence-corrected chi connectivity index (χ2v) is 7.49. The number of fused-ring (bicyclic) bond motifs is 1. The number of nitrogens with zero attached hydrogens (tertiary/aromatic N) is 1. The molecule has 0 saturated heterocycles. The van der Waals surface area contributed by atoms with Gasteiger partial charge in [-0.3, -0.25) is 19.5 Å². The van der Waals surface area contributed by atoms with Gasteiger partial charge in [-0.05, 0) is 36.6 Å². The lowest BCUT2D eigenvalue weighted by Crippen LogP contribution is -2.12. The van der Waals surface area contributed by atoms with Gasteiger partial charge in [-0.1, -0.05) is 12.1 Å². The van der Waals surface area contributed by atoms with Crippen LogP contribution in [0.25, 0.3) is 10.8 Å². The van der Waals surface area contributed by atoms with Crippen LogP contribution in [-0.4, -0.2) is 28.9 Å². The Kier molecular flexibility index (Phi) is 4.75. The Hall–Kier alpha value is -3.50. The zero-order valence-electron chi connectivity index (χ0n) is 14.4. The van der Waals surface area contributed by atoms with E-state index in [1.807, 2.05) is 0 Å². The van der Waals surface area contributed by atoms with Crippen LogP contribution in [0.5, 0.6) is 5.75 Å². The highest BCUT2D eigenvalue weighted by Gasteiger charge is 2.17. The highest BCUT2D eigenvalue weighted by Crippen LogP contribution is 2.31. The van der Waals surface area contributed by atoms with Crippen molar-refractivity contribution in [2.24, 2.45) is 0 Å². The Bertz CT molecular complexity index is 1240. The summed E-state index contributed by atoms with van der Waals surface area (Å²) in [6.07, 6.45) is 0. The quantitative estimate of drug-likeness (QED) is 0.345. The molecule has 0 radical (unpaired) electrons. The summed E-state index contributed by atoms with van der Waals surface area (Å²) in [6, 6.07) is 10.2. The zero-order chi connectivity index (χ0) is 20.6. The first-order valence-corrected chi connectivity index (χ1v) is 9.31. The fourth-order valence-corrected chi connectivity index (χ4v) is 3.25. The molecule has 3 aromatic rings. The highest BCUT2D eigenvalue weighted by atomic mass is 32.2. The molecule has 0 bridgehead atoms. The van der Waals surface area contributed by atoms with Gasteiger partial charge in [-0.15, -0.1) is 0 Å². The van der Waals surface area contributed by atoms with Crippen molar-refractivity contribution in [1.82, 2.24) is 0 Å². The normalized spacial score (nSPS) is 11.4. The van der Waals surface area contributed by atoms with Crippen molar-refractivity contribution in [3.8, 4) is 5.75 Å². The molecule has 3 rings (SSSR count). The molecule has 0 fully saturated rings. The second kappa shape index (κ2) is 6.91. The lowest BCUT2D eigenvalue weighted by atomic mass is 10.1. The third-order valence-corrected chi connectivity index (χ3v) is 4.97. The standard InChI is InChI=1S/C18H14N2O7S/c1-10-2-3-11(8-17(10)20(23)24)18(22)19-16-9-13(21)6-12-7-14(28(25,26)27)4-5-15(12)16/h2-9,21H,1H3,(H,19,22)(H,25,26,27). The lowest BCUT2D eigenvalue weighted by molar-refractivity contribution is -0.385. The van der Waals surface area contributed by atoms with Crippen molar-refractivity contribution < 1.29 is 27.8 Å². The van der Waals surface area contributed by atoms with E-state index < -0.39 is 20.9 Å². The van der Waals surface area contributed by atoms with Gasteiger partial charge in [0.15, 0.2) is 0 Å². The Morgan fingerprint density at radius 3 is 2.46 bits per heavy atom. The summed E-state index contributed by atoms with van der Waals surface area (Å²) in [5, 5.41) is 24.2. The molecule has 0 atom stereocenters. The molecule has 0 saturated carbocycles. The van der Waals surface area contributed by atoms with Crippen LogP contribution >= 0.6 is 0 Å². The average molecular weight is 402 g/mol. The fraction of sp³-hybridized carbons (Fsp3) is 0.0556. The first-order chi connectivity index (χ1) is 13.1. The minimum absolute atomic E-state index is 0.0448. The summed E-state index contributed by atoms with van der Waals surface area (Å²) in [4.78, 5) is 22.6. The van der Waals surface area contributed by atoms with Crippen molar-refractivity contribution in [2.45, 2.75) is 11.8 Å². The van der Waals surface area contributed by atoms with E-state index >= 15 is 0 Å². The van der Waals surface area contributed by atoms with Crippen LogP contribution in [0.3, 0.4) is 0 Å². The predicted molar refractivity (Wildman–Crippen MR) is 101 cm³/mol. The molecule has 0 unspecified atom stereocenters. The largest absolute Gasteiger partial charge is 0.508 e. The first-order valence-electron chi connectivity index (χ1n) is 7.87. The van der Waals surface area contributed by atoms with Crippen molar-refractivity contribution in [2.75, 3.05) is 5.32 Å². The number of aryl methyl sites for hydroxylation is 1. The maximum atomic E-state index is 12.5. The third-order valence-electron chi connectivity index (χ3n) is 4.12. The first kappa shape index (κ1) is 19.3. The van der Waals surface area contributed by atoms with Gasteiger partial charge in [0.2, 0.25) is 0 Å². The van der Waals surface area contributed by atoms with Gasteiger partial charge in [0.05, 0.1) is 15.5 Å². The average Bonchev–Trinajstić information content (AvgIpc) is 2.60. The van der Waals surface area contributed by atoms with E-state index in [0.29, 0.717) is 10.9 Å². The molecule has 9 nitrogen and oxygen atoms in total. The van der Waals surface area contributed by atoms with Crippen LogP contribution in [0.15, 0.2) is 53.4 Å². The van der Waals surface area contributed by atoms with Gasteiger partial charge < -0.3 is 10.4 Å². The number of hydrogen-bond donors (Lipinski definition) is 3. The number of phenols is 1. The maximum absolute atomic E-state index is 12.5. The van der Waals surface area contributed by atoms with E-state index in [1.54, 1.807) is 6.92 Å². The van der Waals surface area contributed by atoms with Gasteiger partial charge in [0.1, 0.15) is 5.75 Å². The summed E-state index contributed by atoms with van der Waals surface area (Å²) >= 11 is 0. The number of anilines is 1. The van der Waals surface area contributed by atoms with Crippen LogP contribution in [0.1, 0.15) is 15.9 Å². The van der Waals surface area contributed by atoms with Crippen molar-refractivity contribution >= 4 is 38.2 Å². The molecule has 0 aliphatic carbocycles. The van der Waals surface area contributed by atoms with Crippen LogP contribution in [0.4, 0.5) is 11.4 Å². The van der Waals surface area contributed by atoms with Crippen LogP contribution in [-0.2, 0) is 10.1 Å². The van der Waals surface area contributed by atoms with E-state index in [4.69, 9.17) is 4.55 Å². The number of nitrogens with one attached hydrogen (secondary N) is 1. The molecule has 3 aromatic carbocycles. The molecule has 0 aliphatic heterocycles. The summed E-state index contributed by atoms with van der Waals surface area (Å²) in [7, 11) is -4.44. The van der Waals surface area contributed by atoms with Crippen molar-refractivity contribution in [3.05, 3.63) is 69.8 Å². The number of rotatable bonds is 4. The fourth-order valence-electron chi connectivity index (χ4n) is 2.74. The minimum atomic E-state index is -4.44. The van der Waals surface area contributed by atoms with Crippen molar-refractivity contribution in [3.63, 3.8) is 0 Å². The van der Waals surface area contributed by atoms with Gasteiger partial charge >= 0.3 is 0 Å². The monoisotopic (exact) mass is 402 g/mol. The molecule has 0 aliphatic rings. The third kappa shape index (κ3) is 3.77. The van der Waals surface area contributed by atoms with Gasteiger partial charge in [0.25, 0.3) is 21.7 Å². The summed E-state index contributed by atoms with van der Waals surface area (Å²) < 4.78 is 31.7. The van der Waals surface area contributed by atoms with Crippen LogP contribution < -0.4 is 5.32 Å². The number of hydrogen-bond acceptors (Lipinski definition) is 6. The SMILES string of the molecule is Cc1ccc(C(=O)Nc2cc(O)cc3cc(S(=O)(=O)O)ccc23)cc1[N+](=O)[O-]. The molecule has 144 valence electrons. The zero-order valence-corrected chi connectivity index (χ0v) is 15.2. The summed E-state index contributed by atoms with van der Waals surface area (Å²) in [5.41, 5.74) is 0.418. The van der Waals surface area contributed by atoms with E-state index in [2.05, 4.69) is 5.32 Å². The summed E-state index contributed by atoms with van der Waals surface area (Å²) in [5.74, 6) is -0.890. The molecule has 0 spiro atoms. The highest BCUT2D eigenvalue weighted by molar-refractivity contribution is 7.85. The minimum Gasteiger partial charge on any atom is -0.508 e. The van der Waals surface area contributed by atoms with E-state index in [9.17, 15) is 28.4 Å². The second-order valence-electron chi connectivity index (χ2n) is 6.06. The number of benzene rings is 3. The van der Waals surface area contributed by atoms with Gasteiger partial charge in [-0.25, -0.2) is 0 Å². The molecule has 1 amide bonds.